The van der Waals surface area contributed by atoms with Gasteiger partial charge >= 0.3 is 5.97 Å². The zero-order chi connectivity index (χ0) is 24.7. The molecule has 0 radical (unpaired) electrons. The van der Waals surface area contributed by atoms with E-state index in [9.17, 15) is 18.8 Å². The molecule has 0 amide bonds. The average Bonchev–Trinajstić information content (AvgIpc) is 3.48. The van der Waals surface area contributed by atoms with Crippen molar-refractivity contribution in [3.05, 3.63) is 93.1 Å². The molecular formula is C27H15ClF2N2O2S. The summed E-state index contributed by atoms with van der Waals surface area (Å²) in [5, 5.41) is 12.3. The number of nitrogens with one attached hydrogen (secondary N) is 1. The first-order valence-corrected chi connectivity index (χ1v) is 11.6. The maximum atomic E-state index is 14.7. The lowest BCUT2D eigenvalue weighted by molar-refractivity contribution is 0.0595. The van der Waals surface area contributed by atoms with E-state index < -0.39 is 11.8 Å². The van der Waals surface area contributed by atoms with Gasteiger partial charge in [0.1, 0.15) is 22.6 Å². The number of carbonyl (C=O) groups is 1. The Morgan fingerprint density at radius 3 is 2.63 bits per heavy atom. The number of ether oxygens (including phenoxy) is 1. The van der Waals surface area contributed by atoms with Gasteiger partial charge in [0.2, 0.25) is 0 Å². The van der Waals surface area contributed by atoms with Crippen molar-refractivity contribution in [2.24, 2.45) is 0 Å². The van der Waals surface area contributed by atoms with E-state index in [4.69, 9.17) is 11.6 Å². The Kier molecular flexibility index (Phi) is 5.85. The Morgan fingerprint density at radius 2 is 1.86 bits per heavy atom. The fourth-order valence-corrected chi connectivity index (χ4v) is 5.09. The number of hydrogen-bond acceptors (Lipinski definition) is 4. The van der Waals surface area contributed by atoms with Gasteiger partial charge in [-0.1, -0.05) is 29.8 Å². The molecule has 5 rings (SSSR count). The van der Waals surface area contributed by atoms with Crippen molar-refractivity contribution in [1.82, 2.24) is 4.98 Å². The number of rotatable bonds is 4. The predicted molar refractivity (Wildman–Crippen MR) is 133 cm³/mol. The van der Waals surface area contributed by atoms with E-state index >= 15 is 0 Å². The molecule has 35 heavy (non-hydrogen) atoms. The van der Waals surface area contributed by atoms with Gasteiger partial charge in [-0.05, 0) is 59.0 Å². The highest BCUT2D eigenvalue weighted by atomic mass is 35.5. The minimum atomic E-state index is -0.816. The zero-order valence-corrected chi connectivity index (χ0v) is 19.7. The molecular weight excluding hydrogens is 490 g/mol. The number of halogens is 3. The molecule has 1 N–H and O–H groups in total. The fraction of sp³-hybridized carbons (Fsp3) is 0.0370. The number of carbonyl (C=O) groups excluding carboxylic acids is 1. The van der Waals surface area contributed by atoms with Crippen LogP contribution in [0.15, 0.2) is 66.0 Å². The minimum absolute atomic E-state index is 0.187. The van der Waals surface area contributed by atoms with E-state index in [-0.39, 0.29) is 16.4 Å². The number of aromatic nitrogens is 1. The standard InChI is InChI=1S/C27H15ClF2N2O2S/c1-34-27(33)19-11-21(28)18(12-22(19)30)14-3-2-4-15(9-14)26-25(17-7-8-35-24(17)13-31)20-10-16(29)5-6-23(20)32-26/h2-12,32H,1H3. The molecule has 2 heterocycles. The summed E-state index contributed by atoms with van der Waals surface area (Å²) in [6.07, 6.45) is 0. The molecule has 4 nitrogen and oxygen atoms in total. The highest BCUT2D eigenvalue weighted by Crippen LogP contribution is 2.42. The van der Waals surface area contributed by atoms with Crippen LogP contribution in [0.5, 0.6) is 0 Å². The summed E-state index contributed by atoms with van der Waals surface area (Å²) in [6, 6.07) is 18.2. The zero-order valence-electron chi connectivity index (χ0n) is 18.2. The first kappa shape index (κ1) is 22.8. The summed E-state index contributed by atoms with van der Waals surface area (Å²) in [7, 11) is 1.17. The highest BCUT2D eigenvalue weighted by molar-refractivity contribution is 7.11. The average molecular weight is 505 g/mol. The second kappa shape index (κ2) is 8.99. The van der Waals surface area contributed by atoms with Crippen molar-refractivity contribution >= 4 is 39.8 Å². The maximum absolute atomic E-state index is 14.7. The molecule has 0 unspecified atom stereocenters. The number of methoxy groups -OCH3 is 1. The highest BCUT2D eigenvalue weighted by Gasteiger charge is 2.21. The van der Waals surface area contributed by atoms with Crippen LogP contribution in [0.25, 0.3) is 44.4 Å². The summed E-state index contributed by atoms with van der Waals surface area (Å²) in [5.74, 6) is -1.95. The quantitative estimate of drug-likeness (QED) is 0.254. The van der Waals surface area contributed by atoms with E-state index in [0.717, 1.165) is 5.56 Å². The molecule has 0 spiro atoms. The molecule has 0 aliphatic rings. The molecule has 0 atom stereocenters. The number of benzene rings is 3. The molecule has 2 aromatic heterocycles. The first-order valence-electron chi connectivity index (χ1n) is 10.4. The van der Waals surface area contributed by atoms with Crippen molar-refractivity contribution in [2.75, 3.05) is 7.11 Å². The number of thiophene rings is 1. The van der Waals surface area contributed by atoms with Gasteiger partial charge in [-0.2, -0.15) is 5.26 Å². The van der Waals surface area contributed by atoms with Gasteiger partial charge in [0, 0.05) is 32.6 Å². The molecule has 5 aromatic rings. The third-order valence-electron chi connectivity index (χ3n) is 5.72. The van der Waals surface area contributed by atoms with E-state index in [2.05, 4.69) is 15.8 Å². The molecule has 172 valence electrons. The van der Waals surface area contributed by atoms with Gasteiger partial charge < -0.3 is 9.72 Å². The second-order valence-corrected chi connectivity index (χ2v) is 9.05. The van der Waals surface area contributed by atoms with Crippen LogP contribution in [-0.4, -0.2) is 18.1 Å². The van der Waals surface area contributed by atoms with Crippen molar-refractivity contribution in [2.45, 2.75) is 0 Å². The predicted octanol–water partition coefficient (Wildman–Crippen LogP) is 7.82. The first-order chi connectivity index (χ1) is 16.9. The molecule has 0 saturated carbocycles. The molecule has 0 saturated heterocycles. The maximum Gasteiger partial charge on any atom is 0.340 e. The smallest absolute Gasteiger partial charge is 0.340 e. The van der Waals surface area contributed by atoms with Crippen LogP contribution in [0.2, 0.25) is 5.02 Å². The number of nitrogens with zero attached hydrogens (tertiary/aromatic N) is 1. The van der Waals surface area contributed by atoms with E-state index in [1.807, 2.05) is 23.6 Å². The lowest BCUT2D eigenvalue weighted by Gasteiger charge is -2.11. The number of nitriles is 1. The summed E-state index contributed by atoms with van der Waals surface area (Å²) in [6.45, 7) is 0. The molecule has 0 aliphatic carbocycles. The number of fused-ring (bicyclic) bond motifs is 1. The Morgan fingerprint density at radius 1 is 1.06 bits per heavy atom. The molecule has 8 heteroatoms. The van der Waals surface area contributed by atoms with E-state index in [1.54, 1.807) is 18.2 Å². The van der Waals surface area contributed by atoms with Crippen LogP contribution < -0.4 is 0 Å². The lowest BCUT2D eigenvalue weighted by Crippen LogP contribution is -2.04. The Labute approximate surface area is 208 Å². The van der Waals surface area contributed by atoms with Gasteiger partial charge in [0.05, 0.1) is 18.4 Å². The van der Waals surface area contributed by atoms with Crippen LogP contribution in [0, 0.1) is 23.0 Å². The van der Waals surface area contributed by atoms with Gasteiger partial charge in [-0.3, -0.25) is 0 Å². The van der Waals surface area contributed by atoms with Crippen LogP contribution in [-0.2, 0) is 4.74 Å². The Hall–Kier alpha value is -3.99. The summed E-state index contributed by atoms with van der Waals surface area (Å²) in [4.78, 5) is 15.7. The van der Waals surface area contributed by atoms with E-state index in [0.29, 0.717) is 43.7 Å². The Balaban J connectivity index is 1.71. The van der Waals surface area contributed by atoms with Crippen molar-refractivity contribution in [1.29, 1.82) is 5.26 Å². The summed E-state index contributed by atoms with van der Waals surface area (Å²) in [5.41, 5.74) is 4.29. The van der Waals surface area contributed by atoms with Crippen molar-refractivity contribution in [3.63, 3.8) is 0 Å². The lowest BCUT2D eigenvalue weighted by atomic mass is 9.96. The number of esters is 1. The second-order valence-electron chi connectivity index (χ2n) is 7.72. The van der Waals surface area contributed by atoms with Crippen LogP contribution >= 0.6 is 22.9 Å². The number of H-pyrrole nitrogens is 1. The third-order valence-corrected chi connectivity index (χ3v) is 6.85. The van der Waals surface area contributed by atoms with Gasteiger partial charge in [-0.15, -0.1) is 11.3 Å². The Bertz CT molecular complexity index is 1670. The number of aromatic amines is 1. The fourth-order valence-electron chi connectivity index (χ4n) is 4.13. The molecule has 0 aliphatic heterocycles. The van der Waals surface area contributed by atoms with Crippen molar-refractivity contribution in [3.8, 4) is 39.6 Å². The summed E-state index contributed by atoms with van der Waals surface area (Å²) >= 11 is 7.72. The molecule has 3 aromatic carbocycles. The van der Waals surface area contributed by atoms with Gasteiger partial charge in [0.15, 0.2) is 0 Å². The minimum Gasteiger partial charge on any atom is -0.465 e. The summed E-state index contributed by atoms with van der Waals surface area (Å²) < 4.78 is 33.4. The van der Waals surface area contributed by atoms with Crippen molar-refractivity contribution < 1.29 is 18.3 Å². The van der Waals surface area contributed by atoms with Gasteiger partial charge in [0.25, 0.3) is 0 Å². The molecule has 0 bridgehead atoms. The normalized spacial score (nSPS) is 10.9. The topological polar surface area (TPSA) is 65.9 Å². The van der Waals surface area contributed by atoms with Crippen LogP contribution in [0.3, 0.4) is 0 Å². The van der Waals surface area contributed by atoms with Gasteiger partial charge in [-0.25, -0.2) is 13.6 Å². The van der Waals surface area contributed by atoms with Crippen LogP contribution in [0.4, 0.5) is 8.78 Å². The van der Waals surface area contributed by atoms with E-state index in [1.165, 1.54) is 42.7 Å². The van der Waals surface area contributed by atoms with Crippen LogP contribution in [0.1, 0.15) is 15.2 Å². The number of hydrogen-bond donors (Lipinski definition) is 1. The third kappa shape index (κ3) is 3.97. The largest absolute Gasteiger partial charge is 0.465 e. The monoisotopic (exact) mass is 504 g/mol. The SMILES string of the molecule is COC(=O)c1cc(Cl)c(-c2cccc(-c3[nH]c4ccc(F)cc4c3-c3ccsc3C#N)c2)cc1F. The molecule has 0 fully saturated rings.